The van der Waals surface area contributed by atoms with Gasteiger partial charge in [0.2, 0.25) is 17.6 Å². The molecule has 0 bridgehead atoms. The van der Waals surface area contributed by atoms with Crippen molar-refractivity contribution in [2.24, 2.45) is 11.8 Å². The standard InChI is InChI=1S/C33H55N5O5/c1-3-33(19-12-9-13-20-33)37-32(43)36-26-15-11-8-6-4-5-7-10-14-25(28(39)30(41)34-22-24-16-17-24)35-29(40)27-23(2)18-21-38(27)31(26)42/h23-27H,3-22H2,1-2H3,(H,34,41)(H,35,40)(H2,36,37,43)/t23-,25-,26-,27-/m0/s1. The smallest absolute Gasteiger partial charge is 0.315 e. The lowest BCUT2D eigenvalue weighted by molar-refractivity contribution is -0.143. The van der Waals surface area contributed by atoms with Crippen molar-refractivity contribution >= 4 is 29.5 Å². The van der Waals surface area contributed by atoms with Crippen LogP contribution >= 0.6 is 0 Å². The molecule has 2 saturated carbocycles. The molecule has 10 heteroatoms. The van der Waals surface area contributed by atoms with Crippen molar-refractivity contribution in [3.05, 3.63) is 0 Å². The van der Waals surface area contributed by atoms with Gasteiger partial charge in [0, 0.05) is 18.6 Å². The second kappa shape index (κ2) is 15.9. The molecule has 0 aromatic carbocycles. The van der Waals surface area contributed by atoms with Gasteiger partial charge in [-0.2, -0.15) is 0 Å². The number of rotatable bonds is 7. The normalized spacial score (nSPS) is 29.2. The highest BCUT2D eigenvalue weighted by atomic mass is 16.2. The summed E-state index contributed by atoms with van der Waals surface area (Å²) in [6.07, 6.45) is 16.4. The molecule has 0 unspecified atom stereocenters. The SMILES string of the molecule is CCC1(NC(=O)N[C@H]2CCCCCCCCC[C@@H](C(=O)C(=O)NCC3CC3)NC(=O)[C@@H]3[C@@H](C)CCN3C2=O)CCCCC1. The number of hydrogen-bond donors (Lipinski definition) is 4. The van der Waals surface area contributed by atoms with E-state index in [0.29, 0.717) is 38.3 Å². The predicted octanol–water partition coefficient (Wildman–Crippen LogP) is 4.11. The summed E-state index contributed by atoms with van der Waals surface area (Å²) in [7, 11) is 0. The van der Waals surface area contributed by atoms with E-state index in [-0.39, 0.29) is 23.4 Å². The quantitative estimate of drug-likeness (QED) is 0.326. The number of ketones is 1. The van der Waals surface area contributed by atoms with E-state index in [2.05, 4.69) is 28.2 Å². The van der Waals surface area contributed by atoms with E-state index in [9.17, 15) is 24.0 Å². The maximum absolute atomic E-state index is 14.0. The minimum Gasteiger partial charge on any atom is -0.349 e. The number of nitrogens with zero attached hydrogens (tertiary/aromatic N) is 1. The van der Waals surface area contributed by atoms with Crippen LogP contribution in [0.5, 0.6) is 0 Å². The van der Waals surface area contributed by atoms with E-state index < -0.39 is 35.7 Å². The molecule has 4 aliphatic rings. The molecule has 2 saturated heterocycles. The fourth-order valence-electron chi connectivity index (χ4n) is 7.19. The summed E-state index contributed by atoms with van der Waals surface area (Å²) in [5.74, 6) is -1.55. The van der Waals surface area contributed by atoms with Crippen molar-refractivity contribution in [3.63, 3.8) is 0 Å². The Morgan fingerprint density at radius 3 is 2.14 bits per heavy atom. The lowest BCUT2D eigenvalue weighted by atomic mass is 9.80. The first-order chi connectivity index (χ1) is 20.7. The molecule has 4 N–H and O–H groups in total. The van der Waals surface area contributed by atoms with Gasteiger partial charge in [0.05, 0.1) is 6.04 Å². The van der Waals surface area contributed by atoms with Gasteiger partial charge in [0.25, 0.3) is 5.91 Å². The van der Waals surface area contributed by atoms with Crippen molar-refractivity contribution < 1.29 is 24.0 Å². The van der Waals surface area contributed by atoms with Gasteiger partial charge < -0.3 is 26.2 Å². The van der Waals surface area contributed by atoms with Gasteiger partial charge in [-0.05, 0) is 63.2 Å². The van der Waals surface area contributed by atoms with Gasteiger partial charge >= 0.3 is 6.03 Å². The second-order valence-electron chi connectivity index (χ2n) is 13.7. The molecule has 43 heavy (non-hydrogen) atoms. The highest BCUT2D eigenvalue weighted by molar-refractivity contribution is 6.38. The third kappa shape index (κ3) is 9.42. The maximum Gasteiger partial charge on any atom is 0.315 e. The molecule has 0 spiro atoms. The van der Waals surface area contributed by atoms with Crippen LogP contribution in [-0.2, 0) is 19.2 Å². The topological polar surface area (TPSA) is 137 Å². The van der Waals surface area contributed by atoms with Gasteiger partial charge in [0.1, 0.15) is 12.1 Å². The van der Waals surface area contributed by atoms with E-state index in [1.54, 1.807) is 4.90 Å². The fourth-order valence-corrected chi connectivity index (χ4v) is 7.19. The number of amides is 5. The lowest BCUT2D eigenvalue weighted by Crippen LogP contribution is -2.59. The Kier molecular flexibility index (Phi) is 12.3. The first kappa shape index (κ1) is 33.2. The molecule has 4 rings (SSSR count). The number of carbonyl (C=O) groups excluding carboxylic acids is 5. The van der Waals surface area contributed by atoms with Crippen LogP contribution in [0.2, 0.25) is 0 Å². The third-order valence-electron chi connectivity index (χ3n) is 10.3. The highest BCUT2D eigenvalue weighted by Gasteiger charge is 2.43. The summed E-state index contributed by atoms with van der Waals surface area (Å²) >= 11 is 0. The Hall–Kier alpha value is -2.65. The average molecular weight is 602 g/mol. The van der Waals surface area contributed by atoms with Gasteiger partial charge in [-0.15, -0.1) is 0 Å². The zero-order valence-corrected chi connectivity index (χ0v) is 26.5. The maximum atomic E-state index is 14.0. The summed E-state index contributed by atoms with van der Waals surface area (Å²) in [5, 5.41) is 11.9. The average Bonchev–Trinajstić information content (AvgIpc) is 3.75. The summed E-state index contributed by atoms with van der Waals surface area (Å²) in [5.41, 5.74) is -0.235. The Labute approximate surface area is 257 Å². The van der Waals surface area contributed by atoms with E-state index in [1.165, 1.54) is 6.42 Å². The Balaban J connectivity index is 1.48. The van der Waals surface area contributed by atoms with E-state index >= 15 is 0 Å². The molecule has 2 aliphatic heterocycles. The van der Waals surface area contributed by atoms with Crippen LogP contribution in [0, 0.1) is 11.8 Å². The van der Waals surface area contributed by atoms with Crippen LogP contribution in [0.3, 0.4) is 0 Å². The number of urea groups is 1. The number of carbonyl (C=O) groups is 5. The number of fused-ring (bicyclic) bond motifs is 1. The van der Waals surface area contributed by atoms with Crippen LogP contribution in [0.15, 0.2) is 0 Å². The van der Waals surface area contributed by atoms with Crippen molar-refractivity contribution in [2.75, 3.05) is 13.1 Å². The molecule has 2 aliphatic carbocycles. The molecule has 2 heterocycles. The lowest BCUT2D eigenvalue weighted by Gasteiger charge is -2.38. The van der Waals surface area contributed by atoms with Crippen LogP contribution < -0.4 is 21.3 Å². The molecular weight excluding hydrogens is 546 g/mol. The molecule has 10 nitrogen and oxygen atoms in total. The molecule has 4 atom stereocenters. The van der Waals surface area contributed by atoms with Crippen LogP contribution in [0.1, 0.15) is 129 Å². The summed E-state index contributed by atoms with van der Waals surface area (Å²) in [6, 6.07) is -2.70. The van der Waals surface area contributed by atoms with Crippen molar-refractivity contribution in [3.8, 4) is 0 Å². The molecule has 5 amide bonds. The van der Waals surface area contributed by atoms with Gasteiger partial charge in [-0.3, -0.25) is 19.2 Å². The highest BCUT2D eigenvalue weighted by Crippen LogP contribution is 2.31. The van der Waals surface area contributed by atoms with Gasteiger partial charge in [0.15, 0.2) is 0 Å². The van der Waals surface area contributed by atoms with Crippen LogP contribution in [0.4, 0.5) is 4.79 Å². The molecular formula is C33H55N5O5. The van der Waals surface area contributed by atoms with Crippen molar-refractivity contribution in [2.45, 2.75) is 153 Å². The largest absolute Gasteiger partial charge is 0.349 e. The summed E-state index contributed by atoms with van der Waals surface area (Å²) < 4.78 is 0. The predicted molar refractivity (Wildman–Crippen MR) is 165 cm³/mol. The van der Waals surface area contributed by atoms with E-state index in [1.807, 2.05) is 6.92 Å². The fraction of sp³-hybridized carbons (Fsp3) is 0.848. The molecule has 0 radical (unpaired) electrons. The van der Waals surface area contributed by atoms with Crippen LogP contribution in [0.25, 0.3) is 0 Å². The minimum atomic E-state index is -0.912. The minimum absolute atomic E-state index is 0.109. The molecule has 242 valence electrons. The van der Waals surface area contributed by atoms with Crippen molar-refractivity contribution in [1.82, 2.24) is 26.2 Å². The first-order valence-electron chi connectivity index (χ1n) is 17.2. The zero-order valence-electron chi connectivity index (χ0n) is 26.5. The molecule has 4 fully saturated rings. The summed E-state index contributed by atoms with van der Waals surface area (Å²) in [6.45, 7) is 4.96. The number of hydrogen-bond acceptors (Lipinski definition) is 5. The Morgan fingerprint density at radius 1 is 0.860 bits per heavy atom. The zero-order chi connectivity index (χ0) is 30.8. The Bertz CT molecular complexity index is 992. The van der Waals surface area contributed by atoms with Crippen LogP contribution in [-0.4, -0.2) is 71.2 Å². The van der Waals surface area contributed by atoms with Gasteiger partial charge in [-0.1, -0.05) is 78.1 Å². The summed E-state index contributed by atoms with van der Waals surface area (Å²) in [4.78, 5) is 68.6. The number of nitrogens with one attached hydrogen (secondary N) is 4. The first-order valence-corrected chi connectivity index (χ1v) is 17.2. The monoisotopic (exact) mass is 601 g/mol. The van der Waals surface area contributed by atoms with Crippen molar-refractivity contribution in [1.29, 1.82) is 0 Å². The van der Waals surface area contributed by atoms with Gasteiger partial charge in [-0.25, -0.2) is 4.79 Å². The Morgan fingerprint density at radius 2 is 1.49 bits per heavy atom. The number of Topliss-reactive ketones (excluding diaryl/α,β-unsaturated/α-hetero) is 1. The molecule has 0 aromatic rings. The third-order valence-corrected chi connectivity index (χ3v) is 10.3. The molecule has 0 aromatic heterocycles. The second-order valence-corrected chi connectivity index (χ2v) is 13.7. The van der Waals surface area contributed by atoms with E-state index in [0.717, 1.165) is 89.9 Å². The van der Waals surface area contributed by atoms with E-state index in [4.69, 9.17) is 0 Å².